The van der Waals surface area contributed by atoms with E-state index in [1.807, 2.05) is 17.8 Å². The van der Waals surface area contributed by atoms with Gasteiger partial charge in [0.05, 0.1) is 30.6 Å². The Kier molecular flexibility index (Phi) is 6.26. The molecule has 3 atom stereocenters. The molecule has 1 unspecified atom stereocenters. The molecule has 6 rings (SSSR count). The summed E-state index contributed by atoms with van der Waals surface area (Å²) in [6.45, 7) is 4.77. The van der Waals surface area contributed by atoms with Gasteiger partial charge in [0.15, 0.2) is 10.8 Å². The van der Waals surface area contributed by atoms with Gasteiger partial charge in [-0.25, -0.2) is 9.37 Å². The molecule has 0 amide bonds. The van der Waals surface area contributed by atoms with Crippen molar-refractivity contribution in [1.82, 2.24) is 24.7 Å². The zero-order chi connectivity index (χ0) is 25.8. The number of nitrogens with zero attached hydrogens (tertiary/aromatic N) is 7. The first-order chi connectivity index (χ1) is 17.8. The summed E-state index contributed by atoms with van der Waals surface area (Å²) < 4.78 is 24.0. The van der Waals surface area contributed by atoms with E-state index in [-0.39, 0.29) is 12.2 Å². The van der Waals surface area contributed by atoms with Crippen LogP contribution in [0.3, 0.4) is 0 Å². The van der Waals surface area contributed by atoms with Gasteiger partial charge in [-0.15, -0.1) is 0 Å². The molecule has 1 aliphatic heterocycles. The Morgan fingerprint density at radius 3 is 2.78 bits per heavy atom. The van der Waals surface area contributed by atoms with E-state index in [0.29, 0.717) is 56.8 Å². The van der Waals surface area contributed by atoms with E-state index in [1.165, 1.54) is 17.4 Å². The number of hydrogen-bond donors (Lipinski definition) is 1. The minimum Gasteiger partial charge on any atom is -0.374 e. The quantitative estimate of drug-likeness (QED) is 0.346. The van der Waals surface area contributed by atoms with Crippen molar-refractivity contribution in [3.63, 3.8) is 0 Å². The average Bonchev–Trinajstić information content (AvgIpc) is 3.42. The van der Waals surface area contributed by atoms with Crippen LogP contribution in [0.2, 0.25) is 5.02 Å². The number of benzene rings is 1. The lowest BCUT2D eigenvalue weighted by Gasteiger charge is -2.36. The second-order valence-electron chi connectivity index (χ2n) is 9.71. The number of anilines is 2. The van der Waals surface area contributed by atoms with Crippen molar-refractivity contribution in [3.05, 3.63) is 47.0 Å². The largest absolute Gasteiger partial charge is 0.374 e. The topological polar surface area (TPSA) is 92.4 Å². The van der Waals surface area contributed by atoms with Crippen LogP contribution in [0.25, 0.3) is 21.6 Å². The van der Waals surface area contributed by atoms with Gasteiger partial charge in [-0.3, -0.25) is 4.68 Å². The van der Waals surface area contributed by atoms with Gasteiger partial charge in [0.2, 0.25) is 5.95 Å². The molecular formula is C25H27ClFN7O2S. The molecule has 9 nitrogen and oxygen atoms in total. The number of rotatable bonds is 6. The van der Waals surface area contributed by atoms with E-state index in [1.54, 1.807) is 31.0 Å². The summed E-state index contributed by atoms with van der Waals surface area (Å²) >= 11 is 7.33. The number of ether oxygens (including phenoxy) is 1. The molecule has 2 aliphatic rings. The first-order valence-electron chi connectivity index (χ1n) is 12.3. The maximum Gasteiger partial charge on any atom is 0.228 e. The van der Waals surface area contributed by atoms with Crippen LogP contribution in [0.4, 0.5) is 15.5 Å². The normalized spacial score (nSPS) is 21.0. The smallest absolute Gasteiger partial charge is 0.228 e. The molecule has 0 bridgehead atoms. The summed E-state index contributed by atoms with van der Waals surface area (Å²) in [5.74, 6) is -0.0267. The molecule has 1 saturated carbocycles. The molecule has 4 aromatic rings. The molecule has 194 valence electrons. The first-order valence-corrected chi connectivity index (χ1v) is 13.5. The number of fused-ring (bicyclic) bond motifs is 1. The van der Waals surface area contributed by atoms with Gasteiger partial charge in [-0.1, -0.05) is 22.9 Å². The number of halogens is 2. The summed E-state index contributed by atoms with van der Waals surface area (Å²) in [6, 6.07) is 5.03. The fourth-order valence-corrected chi connectivity index (χ4v) is 5.68. The number of hydrogen-bond acceptors (Lipinski definition) is 9. The van der Waals surface area contributed by atoms with Gasteiger partial charge in [0, 0.05) is 35.9 Å². The lowest BCUT2D eigenvalue weighted by Crippen LogP contribution is -2.43. The van der Waals surface area contributed by atoms with Crippen LogP contribution in [-0.4, -0.2) is 62.3 Å². The van der Waals surface area contributed by atoms with Crippen LogP contribution in [0.5, 0.6) is 0 Å². The van der Waals surface area contributed by atoms with Crippen LogP contribution in [0.15, 0.2) is 30.6 Å². The molecule has 1 N–H and O–H groups in total. The van der Waals surface area contributed by atoms with E-state index < -0.39 is 12.0 Å². The predicted octanol–water partition coefficient (Wildman–Crippen LogP) is 4.82. The van der Waals surface area contributed by atoms with Crippen LogP contribution in [0, 0.1) is 5.82 Å². The molecule has 4 heterocycles. The van der Waals surface area contributed by atoms with Crippen molar-refractivity contribution in [1.29, 1.82) is 0 Å². The molecule has 2 fully saturated rings. The number of thiazole rings is 1. The minimum absolute atomic E-state index is 0.0783. The van der Waals surface area contributed by atoms with Gasteiger partial charge < -0.3 is 19.6 Å². The maximum atomic E-state index is 15.1. The Bertz CT molecular complexity index is 1460. The fourth-order valence-electron chi connectivity index (χ4n) is 4.47. The van der Waals surface area contributed by atoms with Crippen molar-refractivity contribution >= 4 is 44.4 Å². The van der Waals surface area contributed by atoms with Crippen molar-refractivity contribution in [2.75, 3.05) is 29.9 Å². The second kappa shape index (κ2) is 9.46. The highest BCUT2D eigenvalue weighted by atomic mass is 35.5. The highest BCUT2D eigenvalue weighted by molar-refractivity contribution is 7.22. The van der Waals surface area contributed by atoms with Crippen LogP contribution in [-0.2, 0) is 4.74 Å². The molecule has 1 saturated heterocycles. The van der Waals surface area contributed by atoms with Crippen molar-refractivity contribution in [2.45, 2.75) is 51.2 Å². The van der Waals surface area contributed by atoms with Crippen LogP contribution < -0.4 is 9.80 Å². The third-order valence-electron chi connectivity index (χ3n) is 6.74. The van der Waals surface area contributed by atoms with E-state index in [9.17, 15) is 5.11 Å². The number of morpholine rings is 1. The zero-order valence-corrected chi connectivity index (χ0v) is 22.2. The zero-order valence-electron chi connectivity index (χ0n) is 20.7. The standard InChI is InChI=1S/C25H27ClFN7O2S/c1-13-10-33(12-20(36-13)15-9-28-34(11-15)17-5-6-17)24-29-21(18-7-4-16(26)8-19(18)27)22-23(30-24)31-25(37-22)32(3)14(2)35/h4,7-9,11,13-14,17,20,35H,5-6,10,12H2,1-3H3/t13-,14?,20+/m0/s1. The molecule has 1 aromatic carbocycles. The number of aliphatic hydroxyl groups is 1. The average molecular weight is 544 g/mol. The third kappa shape index (κ3) is 4.76. The molecule has 3 aromatic heterocycles. The van der Waals surface area contributed by atoms with Crippen molar-refractivity contribution in [3.8, 4) is 11.3 Å². The Morgan fingerprint density at radius 1 is 1.24 bits per heavy atom. The predicted molar refractivity (Wildman–Crippen MR) is 142 cm³/mol. The summed E-state index contributed by atoms with van der Waals surface area (Å²) in [7, 11) is 1.75. The summed E-state index contributed by atoms with van der Waals surface area (Å²) in [5, 5.41) is 15.5. The monoisotopic (exact) mass is 543 g/mol. The highest BCUT2D eigenvalue weighted by Crippen LogP contribution is 2.39. The second-order valence-corrected chi connectivity index (χ2v) is 11.1. The summed E-state index contributed by atoms with van der Waals surface area (Å²) in [6.07, 6.45) is 5.23. The molecule has 12 heteroatoms. The molecular weight excluding hydrogens is 517 g/mol. The Morgan fingerprint density at radius 2 is 2.05 bits per heavy atom. The van der Waals surface area contributed by atoms with Gasteiger partial charge >= 0.3 is 0 Å². The van der Waals surface area contributed by atoms with Gasteiger partial charge in [-0.05, 0) is 44.9 Å². The molecule has 0 radical (unpaired) electrons. The van der Waals surface area contributed by atoms with Gasteiger partial charge in [0.1, 0.15) is 22.8 Å². The highest BCUT2D eigenvalue weighted by Gasteiger charge is 2.32. The Labute approximate surface area is 222 Å². The minimum atomic E-state index is -0.749. The van der Waals surface area contributed by atoms with E-state index in [0.717, 1.165) is 18.4 Å². The molecule has 37 heavy (non-hydrogen) atoms. The summed E-state index contributed by atoms with van der Waals surface area (Å²) in [5.41, 5.74) is 2.22. The Balaban J connectivity index is 1.42. The van der Waals surface area contributed by atoms with Crippen LogP contribution in [0.1, 0.15) is 44.4 Å². The molecule has 1 aliphatic carbocycles. The lowest BCUT2D eigenvalue weighted by atomic mass is 10.1. The number of aliphatic hydroxyl groups excluding tert-OH is 1. The van der Waals surface area contributed by atoms with Crippen molar-refractivity contribution < 1.29 is 14.2 Å². The Hall–Kier alpha value is -2.86. The molecule has 0 spiro atoms. The summed E-state index contributed by atoms with van der Waals surface area (Å²) in [4.78, 5) is 18.0. The van der Waals surface area contributed by atoms with E-state index in [2.05, 4.69) is 21.2 Å². The third-order valence-corrected chi connectivity index (χ3v) is 8.11. The SMILES string of the molecule is CC(O)N(C)c1nc2nc(N3C[C@H](C)O[C@@H](c4cnn(C5CC5)c4)C3)nc(-c3ccc(Cl)cc3F)c2s1. The number of aromatic nitrogens is 5. The van der Waals surface area contributed by atoms with E-state index >= 15 is 4.39 Å². The lowest BCUT2D eigenvalue weighted by molar-refractivity contribution is -0.0178. The maximum absolute atomic E-state index is 15.1. The van der Waals surface area contributed by atoms with E-state index in [4.69, 9.17) is 26.3 Å². The first kappa shape index (κ1) is 24.5. The van der Waals surface area contributed by atoms with Gasteiger partial charge in [0.25, 0.3) is 0 Å². The van der Waals surface area contributed by atoms with Crippen LogP contribution >= 0.6 is 22.9 Å². The van der Waals surface area contributed by atoms with Crippen molar-refractivity contribution in [2.24, 2.45) is 0 Å². The van der Waals surface area contributed by atoms with Gasteiger partial charge in [-0.2, -0.15) is 15.1 Å². The fraction of sp³-hybridized carbons (Fsp3) is 0.440.